The molecule has 2 heterocycles. The standard InChI is InChI=1S/C28H33FN2O5S2/c1-20(2)12-15-30(38(33,34)24-10-8-22(35-3)9-11-24)18-28(32)31-16-13-27-25(14-17-37-27)26(31)19-36-23-6-4-21(29)5-7-23/h4-11,14,17,20,26H,12-13,15-16,18-19H2,1-3H3/t26-/m0/s1. The summed E-state index contributed by atoms with van der Waals surface area (Å²) in [5, 5.41) is 1.99. The molecular weight excluding hydrogens is 527 g/mol. The molecule has 7 nitrogen and oxygen atoms in total. The quantitative estimate of drug-likeness (QED) is 0.325. The maximum atomic E-state index is 13.7. The van der Waals surface area contributed by atoms with Gasteiger partial charge in [-0.25, -0.2) is 12.8 Å². The Morgan fingerprint density at radius 1 is 1.11 bits per heavy atom. The molecule has 1 atom stereocenters. The van der Waals surface area contributed by atoms with E-state index in [1.807, 2.05) is 25.3 Å². The zero-order valence-electron chi connectivity index (χ0n) is 21.8. The molecule has 0 N–H and O–H groups in total. The molecule has 1 aliphatic heterocycles. The third-order valence-corrected chi connectivity index (χ3v) is 9.46. The topological polar surface area (TPSA) is 76.2 Å². The minimum atomic E-state index is -3.92. The average molecular weight is 561 g/mol. The molecule has 1 aromatic heterocycles. The fourth-order valence-electron chi connectivity index (χ4n) is 4.41. The highest BCUT2D eigenvalue weighted by atomic mass is 32.2. The number of methoxy groups -OCH3 is 1. The maximum absolute atomic E-state index is 13.7. The maximum Gasteiger partial charge on any atom is 0.243 e. The van der Waals surface area contributed by atoms with Crippen molar-refractivity contribution >= 4 is 27.3 Å². The number of benzene rings is 2. The van der Waals surface area contributed by atoms with Gasteiger partial charge in [0.05, 0.1) is 24.6 Å². The van der Waals surface area contributed by atoms with Crippen molar-refractivity contribution in [2.75, 3.05) is 33.4 Å². The van der Waals surface area contributed by atoms with Crippen LogP contribution in [0.2, 0.25) is 0 Å². The third kappa shape index (κ3) is 6.54. The molecule has 1 aliphatic rings. The van der Waals surface area contributed by atoms with Crippen molar-refractivity contribution < 1.29 is 27.1 Å². The van der Waals surface area contributed by atoms with Gasteiger partial charge in [0, 0.05) is 18.0 Å². The van der Waals surface area contributed by atoms with E-state index in [0.29, 0.717) is 30.9 Å². The molecule has 0 unspecified atom stereocenters. The number of hydrogen-bond donors (Lipinski definition) is 0. The number of thiophene rings is 1. The summed E-state index contributed by atoms with van der Waals surface area (Å²) in [6.45, 7) is 4.64. The Hall–Kier alpha value is -2.95. The van der Waals surface area contributed by atoms with Crippen LogP contribution in [0.3, 0.4) is 0 Å². The Morgan fingerprint density at radius 3 is 2.45 bits per heavy atom. The summed E-state index contributed by atoms with van der Waals surface area (Å²) < 4.78 is 52.9. The van der Waals surface area contributed by atoms with Crippen molar-refractivity contribution in [1.29, 1.82) is 0 Å². The van der Waals surface area contributed by atoms with Crippen LogP contribution in [-0.2, 0) is 21.2 Å². The van der Waals surface area contributed by atoms with E-state index in [0.717, 1.165) is 5.56 Å². The van der Waals surface area contributed by atoms with E-state index in [-0.39, 0.29) is 48.3 Å². The Kier molecular flexibility index (Phi) is 9.07. The predicted molar refractivity (Wildman–Crippen MR) is 146 cm³/mol. The lowest BCUT2D eigenvalue weighted by Crippen LogP contribution is -2.48. The van der Waals surface area contributed by atoms with Gasteiger partial charge < -0.3 is 14.4 Å². The van der Waals surface area contributed by atoms with Crippen LogP contribution in [0.25, 0.3) is 0 Å². The SMILES string of the molecule is COc1ccc(S(=O)(=O)N(CCC(C)C)CC(=O)N2CCc3sccc3[C@@H]2COc2ccc(F)cc2)cc1. The van der Waals surface area contributed by atoms with Gasteiger partial charge in [0.2, 0.25) is 15.9 Å². The number of fused-ring (bicyclic) bond motifs is 1. The number of halogens is 1. The second kappa shape index (κ2) is 12.3. The summed E-state index contributed by atoms with van der Waals surface area (Å²) in [6, 6.07) is 13.6. The highest BCUT2D eigenvalue weighted by Crippen LogP contribution is 2.34. The molecule has 0 radical (unpaired) electrons. The summed E-state index contributed by atoms with van der Waals surface area (Å²) in [7, 11) is -2.40. The van der Waals surface area contributed by atoms with E-state index in [9.17, 15) is 17.6 Å². The highest BCUT2D eigenvalue weighted by molar-refractivity contribution is 7.89. The van der Waals surface area contributed by atoms with E-state index in [2.05, 4.69) is 0 Å². The van der Waals surface area contributed by atoms with Crippen molar-refractivity contribution in [3.63, 3.8) is 0 Å². The second-order valence-electron chi connectivity index (χ2n) is 9.61. The molecule has 0 bridgehead atoms. The Bertz CT molecular complexity index is 1320. The number of hydrogen-bond acceptors (Lipinski definition) is 6. The smallest absolute Gasteiger partial charge is 0.243 e. The molecule has 4 rings (SSSR count). The van der Waals surface area contributed by atoms with Gasteiger partial charge in [-0.2, -0.15) is 4.31 Å². The van der Waals surface area contributed by atoms with Gasteiger partial charge >= 0.3 is 0 Å². The molecule has 0 fully saturated rings. The van der Waals surface area contributed by atoms with Crippen molar-refractivity contribution in [3.05, 3.63) is 76.2 Å². The number of carbonyl (C=O) groups is 1. The van der Waals surface area contributed by atoms with Gasteiger partial charge in [-0.15, -0.1) is 11.3 Å². The zero-order chi connectivity index (χ0) is 27.3. The first-order valence-corrected chi connectivity index (χ1v) is 14.9. The van der Waals surface area contributed by atoms with Crippen molar-refractivity contribution in [2.24, 2.45) is 5.92 Å². The summed E-state index contributed by atoms with van der Waals surface area (Å²) in [6.07, 6.45) is 1.32. The number of amides is 1. The molecule has 204 valence electrons. The average Bonchev–Trinajstić information content (AvgIpc) is 3.39. The van der Waals surface area contributed by atoms with E-state index in [4.69, 9.17) is 9.47 Å². The van der Waals surface area contributed by atoms with Crippen LogP contribution in [0.5, 0.6) is 11.5 Å². The summed E-state index contributed by atoms with van der Waals surface area (Å²) in [5.41, 5.74) is 1.00. The normalized spacial score (nSPS) is 15.5. The second-order valence-corrected chi connectivity index (χ2v) is 12.6. The fourth-order valence-corrected chi connectivity index (χ4v) is 6.74. The Morgan fingerprint density at radius 2 is 1.79 bits per heavy atom. The Balaban J connectivity index is 1.56. The summed E-state index contributed by atoms with van der Waals surface area (Å²) in [4.78, 5) is 16.7. The van der Waals surface area contributed by atoms with Crippen molar-refractivity contribution in [2.45, 2.75) is 37.6 Å². The van der Waals surface area contributed by atoms with E-state index >= 15 is 0 Å². The molecule has 0 spiro atoms. The number of nitrogens with zero attached hydrogens (tertiary/aromatic N) is 2. The zero-order valence-corrected chi connectivity index (χ0v) is 23.4. The van der Waals surface area contributed by atoms with E-state index in [1.165, 1.54) is 40.6 Å². The number of sulfonamides is 1. The summed E-state index contributed by atoms with van der Waals surface area (Å²) >= 11 is 1.64. The van der Waals surface area contributed by atoms with Crippen LogP contribution in [0.1, 0.15) is 36.8 Å². The van der Waals surface area contributed by atoms with Crippen LogP contribution >= 0.6 is 11.3 Å². The van der Waals surface area contributed by atoms with Crippen LogP contribution in [-0.4, -0.2) is 56.9 Å². The molecule has 0 saturated carbocycles. The van der Waals surface area contributed by atoms with Gasteiger partial charge in [0.25, 0.3) is 0 Å². The molecule has 0 saturated heterocycles. The third-order valence-electron chi connectivity index (χ3n) is 6.60. The lowest BCUT2D eigenvalue weighted by molar-refractivity contribution is -0.135. The minimum absolute atomic E-state index is 0.116. The summed E-state index contributed by atoms with van der Waals surface area (Å²) in [5.74, 6) is 0.681. The lowest BCUT2D eigenvalue weighted by Gasteiger charge is -2.37. The monoisotopic (exact) mass is 560 g/mol. The van der Waals surface area contributed by atoms with Gasteiger partial charge in [0.15, 0.2) is 0 Å². The van der Waals surface area contributed by atoms with Crippen LogP contribution in [0, 0.1) is 11.7 Å². The molecule has 0 aliphatic carbocycles. The molecule has 3 aromatic rings. The molecule has 1 amide bonds. The lowest BCUT2D eigenvalue weighted by atomic mass is 10.0. The van der Waals surface area contributed by atoms with Crippen molar-refractivity contribution in [1.82, 2.24) is 9.21 Å². The molecule has 2 aromatic carbocycles. The van der Waals surface area contributed by atoms with Gasteiger partial charge in [-0.05, 0) is 84.3 Å². The molecule has 38 heavy (non-hydrogen) atoms. The first-order chi connectivity index (χ1) is 18.2. The van der Waals surface area contributed by atoms with Gasteiger partial charge in [-0.1, -0.05) is 13.8 Å². The van der Waals surface area contributed by atoms with Gasteiger partial charge in [-0.3, -0.25) is 4.79 Å². The van der Waals surface area contributed by atoms with Crippen LogP contribution < -0.4 is 9.47 Å². The number of rotatable bonds is 11. The number of ether oxygens (including phenoxy) is 2. The largest absolute Gasteiger partial charge is 0.497 e. The van der Waals surface area contributed by atoms with Crippen LogP contribution in [0.15, 0.2) is 64.9 Å². The first-order valence-electron chi connectivity index (χ1n) is 12.6. The first kappa shape index (κ1) is 28.1. The van der Waals surface area contributed by atoms with E-state index in [1.54, 1.807) is 40.5 Å². The Labute approximate surface area is 227 Å². The molecular formula is C28H33FN2O5S2. The fraction of sp³-hybridized carbons (Fsp3) is 0.393. The predicted octanol–water partition coefficient (Wildman–Crippen LogP) is 5.14. The minimum Gasteiger partial charge on any atom is -0.497 e. The van der Waals surface area contributed by atoms with Crippen molar-refractivity contribution in [3.8, 4) is 11.5 Å². The van der Waals surface area contributed by atoms with Crippen LogP contribution in [0.4, 0.5) is 4.39 Å². The number of carbonyl (C=O) groups excluding carboxylic acids is 1. The molecule has 10 heteroatoms. The van der Waals surface area contributed by atoms with E-state index < -0.39 is 10.0 Å². The highest BCUT2D eigenvalue weighted by Gasteiger charge is 2.35. The van der Waals surface area contributed by atoms with Gasteiger partial charge in [0.1, 0.15) is 23.9 Å².